The van der Waals surface area contributed by atoms with Gasteiger partial charge in [0.05, 0.1) is 31.3 Å². The molecule has 3 fully saturated rings. The number of halogens is 1. The fourth-order valence-corrected chi connectivity index (χ4v) is 5.64. The molecule has 15 atom stereocenters. The number of guanidine groups is 1. The van der Waals surface area contributed by atoms with E-state index in [1.165, 1.54) is 0 Å². The molecular weight excluding hydrogens is 595 g/mol. The molecule has 1 aliphatic carbocycles. The molecule has 1 saturated carbocycles. The van der Waals surface area contributed by atoms with Gasteiger partial charge in [0.1, 0.15) is 55.0 Å². The molecule has 2 saturated heterocycles. The smallest absolute Gasteiger partial charge is 0.249 e. The lowest BCUT2D eigenvalue weighted by atomic mass is 9.77. The summed E-state index contributed by atoms with van der Waals surface area (Å²) in [5.41, 5.74) is 27.4. The molecule has 0 spiro atoms. The molecule has 9 unspecified atom stereocenters. The highest BCUT2D eigenvalue weighted by Gasteiger charge is 2.52. The van der Waals surface area contributed by atoms with Crippen molar-refractivity contribution in [2.75, 3.05) is 26.3 Å². The average Bonchev–Trinajstić information content (AvgIpc) is 2.96. The third-order valence-corrected chi connectivity index (χ3v) is 8.07. The van der Waals surface area contributed by atoms with E-state index in [0.29, 0.717) is 0 Å². The van der Waals surface area contributed by atoms with Gasteiger partial charge in [-0.15, -0.1) is 0 Å². The summed E-state index contributed by atoms with van der Waals surface area (Å²) in [6, 6.07) is -3.81. The maximum Gasteiger partial charge on any atom is 0.249 e. The number of aliphatic hydroxyl groups is 6. The highest BCUT2D eigenvalue weighted by molar-refractivity contribution is 5.80. The molecule has 2 heterocycles. The minimum absolute atomic E-state index is 0.0247. The van der Waals surface area contributed by atoms with E-state index >= 15 is 4.39 Å². The molecule has 256 valence electrons. The van der Waals surface area contributed by atoms with Gasteiger partial charge in [0, 0.05) is 18.5 Å². The first-order valence-electron chi connectivity index (χ1n) is 14.2. The van der Waals surface area contributed by atoms with Crippen LogP contribution in [0.3, 0.4) is 0 Å². The Bertz CT molecular complexity index is 962. The monoisotopic (exact) mass is 642 g/mol. The van der Waals surface area contributed by atoms with Crippen LogP contribution >= 0.6 is 0 Å². The van der Waals surface area contributed by atoms with Crippen molar-refractivity contribution in [2.45, 2.75) is 111 Å². The maximum atomic E-state index is 16.0. The van der Waals surface area contributed by atoms with Crippen LogP contribution in [0.2, 0.25) is 0 Å². The summed E-state index contributed by atoms with van der Waals surface area (Å²) in [7, 11) is 0. The first-order chi connectivity index (χ1) is 20.7. The van der Waals surface area contributed by atoms with E-state index in [-0.39, 0.29) is 25.9 Å². The van der Waals surface area contributed by atoms with Crippen molar-refractivity contribution >= 4 is 11.9 Å². The van der Waals surface area contributed by atoms with Crippen molar-refractivity contribution in [3.8, 4) is 0 Å². The number of rotatable bonds is 12. The van der Waals surface area contributed by atoms with Gasteiger partial charge in [-0.2, -0.15) is 0 Å². The summed E-state index contributed by atoms with van der Waals surface area (Å²) in [5, 5.41) is 73.9. The molecule has 2 aliphatic heterocycles. The van der Waals surface area contributed by atoms with Gasteiger partial charge in [0.15, 0.2) is 18.5 Å². The molecule has 0 bridgehead atoms. The van der Waals surface area contributed by atoms with Crippen LogP contribution in [0.15, 0.2) is 0 Å². The minimum Gasteiger partial charge on any atom is -0.394 e. The molecule has 19 N–H and O–H groups in total. The fourth-order valence-electron chi connectivity index (χ4n) is 5.64. The predicted molar refractivity (Wildman–Crippen MR) is 148 cm³/mol. The van der Waals surface area contributed by atoms with Gasteiger partial charge >= 0.3 is 0 Å². The van der Waals surface area contributed by atoms with Gasteiger partial charge in [-0.1, -0.05) is 0 Å². The maximum absolute atomic E-state index is 16.0. The van der Waals surface area contributed by atoms with Crippen molar-refractivity contribution in [1.29, 1.82) is 5.41 Å². The SMILES string of the molecule is N=C(N)NC1C(O)[C@@H](CO)OC(OC2C(F)CC(N)(CO[C@H]3OC(CN)[C@@H](O)C(O)C3N)C[C@H]2NC(=O)[C@@H](O)CCN)[C@@H]1O. The number of hydrogen-bond acceptors (Lipinski definition) is 16. The third kappa shape index (κ3) is 8.47. The van der Waals surface area contributed by atoms with Gasteiger partial charge in [0.2, 0.25) is 5.91 Å². The topological polar surface area (TPSA) is 353 Å². The van der Waals surface area contributed by atoms with Gasteiger partial charge < -0.3 is 88.9 Å². The van der Waals surface area contributed by atoms with Crippen LogP contribution in [0.1, 0.15) is 19.3 Å². The molecule has 20 heteroatoms. The van der Waals surface area contributed by atoms with Gasteiger partial charge in [-0.25, -0.2) is 4.39 Å². The van der Waals surface area contributed by atoms with Crippen LogP contribution in [0.25, 0.3) is 0 Å². The van der Waals surface area contributed by atoms with Crippen LogP contribution < -0.4 is 39.3 Å². The highest BCUT2D eigenvalue weighted by atomic mass is 19.1. The zero-order valence-corrected chi connectivity index (χ0v) is 24.0. The van der Waals surface area contributed by atoms with Crippen molar-refractivity contribution < 1.29 is 58.8 Å². The lowest BCUT2D eigenvalue weighted by molar-refractivity contribution is -0.301. The minimum atomic E-state index is -1.95. The van der Waals surface area contributed by atoms with Crippen LogP contribution in [0, 0.1) is 5.41 Å². The van der Waals surface area contributed by atoms with E-state index < -0.39 is 123 Å². The number of carbonyl (C=O) groups excluding carboxylic acids is 1. The summed E-state index contributed by atoms with van der Waals surface area (Å²) in [6.07, 6.45) is -17.1. The number of aliphatic hydroxyl groups excluding tert-OH is 6. The Morgan fingerprint density at radius 2 is 1.70 bits per heavy atom. The van der Waals surface area contributed by atoms with E-state index in [1.807, 2.05) is 0 Å². The molecule has 3 aliphatic rings. The molecule has 3 rings (SSSR count). The van der Waals surface area contributed by atoms with Crippen molar-refractivity contribution in [3.63, 3.8) is 0 Å². The summed E-state index contributed by atoms with van der Waals surface area (Å²) in [4.78, 5) is 12.8. The summed E-state index contributed by atoms with van der Waals surface area (Å²) in [5.74, 6) is -1.52. The Morgan fingerprint density at radius 3 is 2.30 bits per heavy atom. The Labute approximate surface area is 252 Å². The summed E-state index contributed by atoms with van der Waals surface area (Å²) < 4.78 is 38.5. The van der Waals surface area contributed by atoms with E-state index in [9.17, 15) is 35.4 Å². The van der Waals surface area contributed by atoms with Crippen LogP contribution in [-0.2, 0) is 23.7 Å². The Hall–Kier alpha value is -1.89. The van der Waals surface area contributed by atoms with E-state index in [1.54, 1.807) is 0 Å². The number of amides is 1. The molecule has 0 aromatic carbocycles. The Balaban J connectivity index is 1.81. The molecule has 1 amide bonds. The molecule has 0 aromatic rings. The van der Waals surface area contributed by atoms with Crippen LogP contribution in [-0.4, -0.2) is 160 Å². The molecule has 44 heavy (non-hydrogen) atoms. The van der Waals surface area contributed by atoms with E-state index in [4.69, 9.17) is 53.0 Å². The molecule has 0 radical (unpaired) electrons. The van der Waals surface area contributed by atoms with E-state index in [2.05, 4.69) is 10.6 Å². The lowest BCUT2D eigenvalue weighted by Gasteiger charge is -2.48. The number of carbonyl (C=O) groups is 1. The predicted octanol–water partition coefficient (Wildman–Crippen LogP) is -7.56. The summed E-state index contributed by atoms with van der Waals surface area (Å²) in [6.45, 7) is -1.31. The first kappa shape index (κ1) is 36.6. The Morgan fingerprint density at radius 1 is 1.05 bits per heavy atom. The summed E-state index contributed by atoms with van der Waals surface area (Å²) >= 11 is 0. The quantitative estimate of drug-likeness (QED) is 0.0694. The number of alkyl halides is 1. The van der Waals surface area contributed by atoms with Crippen molar-refractivity contribution in [3.05, 3.63) is 0 Å². The number of ether oxygens (including phenoxy) is 4. The lowest BCUT2D eigenvalue weighted by Crippen LogP contribution is -2.69. The number of hydrogen-bond donors (Lipinski definition) is 14. The molecule has 0 aromatic heterocycles. The van der Waals surface area contributed by atoms with Gasteiger partial charge in [-0.05, 0) is 19.4 Å². The van der Waals surface area contributed by atoms with E-state index in [0.717, 1.165) is 0 Å². The number of nitrogens with one attached hydrogen (secondary N) is 3. The molecular formula is C24H47FN8O11. The zero-order chi connectivity index (χ0) is 32.9. The first-order valence-corrected chi connectivity index (χ1v) is 14.2. The van der Waals surface area contributed by atoms with Crippen molar-refractivity contribution in [2.24, 2.45) is 28.7 Å². The third-order valence-electron chi connectivity index (χ3n) is 8.07. The normalized spacial score (nSPS) is 43.7. The van der Waals surface area contributed by atoms with Crippen LogP contribution in [0.4, 0.5) is 4.39 Å². The average molecular weight is 643 g/mol. The standard InChI is InChI=1S/C24H47FN8O11/c25-8-3-24(31,7-41-21-13(28)17(38)16(37)11(5-27)42-21)4-9(32-20(40)10(35)1-2-26)19(8)44-22-18(39)14(33-23(29)30)15(36)12(6-34)43-22/h8-19,21-22,34-39H,1-7,26-28,31H2,(H,32,40)(H4,29,30,33)/t8?,9-,10+,11?,12-,13?,14?,15?,16-,17?,18-,19?,21+,22?,24?/m1/s1. The molecule has 19 nitrogen and oxygen atoms in total. The van der Waals surface area contributed by atoms with Crippen LogP contribution in [0.5, 0.6) is 0 Å². The number of nitrogens with two attached hydrogens (primary N) is 5. The highest BCUT2D eigenvalue weighted by Crippen LogP contribution is 2.35. The second-order valence-corrected chi connectivity index (χ2v) is 11.5. The second-order valence-electron chi connectivity index (χ2n) is 11.5. The van der Waals surface area contributed by atoms with Crippen molar-refractivity contribution in [1.82, 2.24) is 10.6 Å². The zero-order valence-electron chi connectivity index (χ0n) is 24.0. The van der Waals surface area contributed by atoms with Gasteiger partial charge in [0.25, 0.3) is 0 Å². The second kappa shape index (κ2) is 15.6. The fraction of sp³-hybridized carbons (Fsp3) is 0.917. The van der Waals surface area contributed by atoms with Gasteiger partial charge in [-0.3, -0.25) is 10.2 Å². The largest absolute Gasteiger partial charge is 0.394 e. The Kier molecular flexibility index (Phi) is 13.0.